The van der Waals surface area contributed by atoms with Gasteiger partial charge >= 0.3 is 0 Å². The van der Waals surface area contributed by atoms with Gasteiger partial charge in [0.25, 0.3) is 0 Å². The summed E-state index contributed by atoms with van der Waals surface area (Å²) >= 11 is 0. The SMILES string of the molecule is C=CC(O)(c1ccco1)[Si](C)(C)c1ccccc1. The molecular formula is C15H18O2Si. The fraction of sp³-hybridized carbons (Fsp3) is 0.200. The van der Waals surface area contributed by atoms with Gasteiger partial charge in [0.15, 0.2) is 0 Å². The minimum absolute atomic E-state index is 0.568. The van der Waals surface area contributed by atoms with Crippen LogP contribution in [0.2, 0.25) is 13.1 Å². The zero-order valence-electron chi connectivity index (χ0n) is 10.8. The van der Waals surface area contributed by atoms with Gasteiger partial charge in [0.1, 0.15) is 19.1 Å². The van der Waals surface area contributed by atoms with Gasteiger partial charge in [0.2, 0.25) is 0 Å². The second-order valence-corrected chi connectivity index (χ2v) is 9.53. The molecule has 0 fully saturated rings. The molecule has 0 aliphatic rings. The zero-order chi connectivity index (χ0) is 13.2. The van der Waals surface area contributed by atoms with Gasteiger partial charge < -0.3 is 9.52 Å². The third kappa shape index (κ3) is 1.85. The van der Waals surface area contributed by atoms with E-state index in [9.17, 15) is 5.11 Å². The molecule has 2 nitrogen and oxygen atoms in total. The quantitative estimate of drug-likeness (QED) is 0.676. The fourth-order valence-electron chi connectivity index (χ4n) is 2.23. The van der Waals surface area contributed by atoms with Gasteiger partial charge in [-0.2, -0.15) is 0 Å². The van der Waals surface area contributed by atoms with Crippen molar-refractivity contribution < 1.29 is 9.52 Å². The van der Waals surface area contributed by atoms with Gasteiger partial charge in [0.05, 0.1) is 6.26 Å². The summed E-state index contributed by atoms with van der Waals surface area (Å²) in [6.45, 7) is 8.04. The average molecular weight is 258 g/mol. The molecule has 0 bridgehead atoms. The number of hydrogen-bond donors (Lipinski definition) is 1. The van der Waals surface area contributed by atoms with Crippen LogP contribution in [-0.2, 0) is 5.22 Å². The van der Waals surface area contributed by atoms with Gasteiger partial charge in [0, 0.05) is 0 Å². The molecule has 94 valence electrons. The maximum atomic E-state index is 11.0. The molecule has 1 aromatic heterocycles. The highest BCUT2D eigenvalue weighted by atomic mass is 28.3. The Morgan fingerprint density at radius 1 is 1.17 bits per heavy atom. The minimum Gasteiger partial charge on any atom is -0.466 e. The van der Waals surface area contributed by atoms with E-state index in [1.807, 2.05) is 18.2 Å². The topological polar surface area (TPSA) is 33.4 Å². The standard InChI is InChI=1S/C15H18O2Si/c1-4-15(16,14-11-8-12-17-14)18(2,3)13-9-6-5-7-10-13/h4-12,16H,1H2,2-3H3. The van der Waals surface area contributed by atoms with Gasteiger partial charge in [-0.3, -0.25) is 0 Å². The summed E-state index contributed by atoms with van der Waals surface area (Å²) in [6.07, 6.45) is 3.18. The highest BCUT2D eigenvalue weighted by molar-refractivity contribution is 6.92. The predicted molar refractivity (Wildman–Crippen MR) is 76.4 cm³/mol. The van der Waals surface area contributed by atoms with E-state index in [0.717, 1.165) is 0 Å². The molecular weight excluding hydrogens is 240 g/mol. The van der Waals surface area contributed by atoms with Crippen molar-refractivity contribution in [1.82, 2.24) is 0 Å². The lowest BCUT2D eigenvalue weighted by atomic mass is 10.2. The lowest BCUT2D eigenvalue weighted by Gasteiger charge is -2.37. The molecule has 2 aromatic rings. The summed E-state index contributed by atoms with van der Waals surface area (Å²) in [6, 6.07) is 13.7. The maximum Gasteiger partial charge on any atom is 0.136 e. The summed E-state index contributed by atoms with van der Waals surface area (Å²) in [7, 11) is -2.19. The van der Waals surface area contributed by atoms with Crippen molar-refractivity contribution in [3.63, 3.8) is 0 Å². The molecule has 1 unspecified atom stereocenters. The highest BCUT2D eigenvalue weighted by Gasteiger charge is 2.47. The van der Waals surface area contributed by atoms with Crippen LogP contribution in [0.4, 0.5) is 0 Å². The molecule has 0 saturated carbocycles. The van der Waals surface area contributed by atoms with E-state index in [-0.39, 0.29) is 0 Å². The van der Waals surface area contributed by atoms with E-state index in [1.165, 1.54) is 5.19 Å². The monoisotopic (exact) mass is 258 g/mol. The Morgan fingerprint density at radius 3 is 2.33 bits per heavy atom. The van der Waals surface area contributed by atoms with Crippen LogP contribution in [0.5, 0.6) is 0 Å². The summed E-state index contributed by atoms with van der Waals surface area (Å²) in [5.41, 5.74) is 0. The second-order valence-electron chi connectivity index (χ2n) is 4.94. The Labute approximate surface area is 109 Å². The third-order valence-corrected chi connectivity index (χ3v) is 7.77. The van der Waals surface area contributed by atoms with E-state index in [0.29, 0.717) is 5.76 Å². The van der Waals surface area contributed by atoms with Crippen LogP contribution < -0.4 is 5.19 Å². The Kier molecular flexibility index (Phi) is 3.28. The number of furan rings is 1. The first kappa shape index (κ1) is 12.9. The molecule has 1 N–H and O–H groups in total. The summed E-state index contributed by atoms with van der Waals surface area (Å²) in [4.78, 5) is 0. The highest BCUT2D eigenvalue weighted by Crippen LogP contribution is 2.33. The van der Waals surface area contributed by atoms with Crippen molar-refractivity contribution in [2.45, 2.75) is 18.3 Å². The molecule has 0 spiro atoms. The van der Waals surface area contributed by atoms with Crippen molar-refractivity contribution in [3.05, 3.63) is 67.1 Å². The summed E-state index contributed by atoms with van der Waals surface area (Å²) in [5.74, 6) is 0.568. The number of rotatable bonds is 4. The van der Waals surface area contributed by atoms with Crippen molar-refractivity contribution in [2.24, 2.45) is 0 Å². The molecule has 1 aromatic carbocycles. The molecule has 0 amide bonds. The van der Waals surface area contributed by atoms with E-state index in [1.54, 1.807) is 24.5 Å². The number of aliphatic hydroxyl groups is 1. The molecule has 0 saturated heterocycles. The molecule has 2 rings (SSSR count). The van der Waals surface area contributed by atoms with Gasteiger partial charge in [-0.15, -0.1) is 6.58 Å². The molecule has 1 heterocycles. The first-order valence-corrected chi connectivity index (χ1v) is 8.98. The van der Waals surface area contributed by atoms with Crippen LogP contribution in [0.3, 0.4) is 0 Å². The predicted octanol–water partition coefficient (Wildman–Crippen LogP) is 2.81. The van der Waals surface area contributed by atoms with E-state index in [4.69, 9.17) is 4.42 Å². The van der Waals surface area contributed by atoms with Crippen LogP contribution in [0, 0.1) is 0 Å². The molecule has 0 radical (unpaired) electrons. The van der Waals surface area contributed by atoms with Crippen LogP contribution in [0.15, 0.2) is 65.8 Å². The number of benzene rings is 1. The van der Waals surface area contributed by atoms with Crippen LogP contribution >= 0.6 is 0 Å². The first-order valence-electron chi connectivity index (χ1n) is 5.98. The Hall–Kier alpha value is -1.58. The Morgan fingerprint density at radius 2 is 1.83 bits per heavy atom. The molecule has 0 aliphatic heterocycles. The molecule has 1 atom stereocenters. The van der Waals surface area contributed by atoms with E-state index >= 15 is 0 Å². The van der Waals surface area contributed by atoms with Gasteiger partial charge in [-0.05, 0) is 12.1 Å². The summed E-state index contributed by atoms with van der Waals surface area (Å²) in [5, 5.41) is 11.1. The van der Waals surface area contributed by atoms with Crippen LogP contribution in [0.1, 0.15) is 5.76 Å². The lowest BCUT2D eigenvalue weighted by Crippen LogP contribution is -2.59. The lowest BCUT2D eigenvalue weighted by molar-refractivity contribution is 0.140. The van der Waals surface area contributed by atoms with Gasteiger partial charge in [-0.1, -0.05) is 54.7 Å². The normalized spacial score (nSPS) is 15.1. The molecule has 0 aliphatic carbocycles. The van der Waals surface area contributed by atoms with Crippen LogP contribution in [-0.4, -0.2) is 13.2 Å². The van der Waals surface area contributed by atoms with Gasteiger partial charge in [-0.25, -0.2) is 0 Å². The van der Waals surface area contributed by atoms with E-state index < -0.39 is 13.3 Å². The first-order chi connectivity index (χ1) is 8.52. The largest absolute Gasteiger partial charge is 0.466 e. The number of hydrogen-bond acceptors (Lipinski definition) is 2. The third-order valence-electron chi connectivity index (χ3n) is 3.64. The fourth-order valence-corrected chi connectivity index (χ4v) is 4.97. The zero-order valence-corrected chi connectivity index (χ0v) is 11.8. The van der Waals surface area contributed by atoms with E-state index in [2.05, 4.69) is 31.8 Å². The van der Waals surface area contributed by atoms with Crippen molar-refractivity contribution >= 4 is 13.3 Å². The second kappa shape index (κ2) is 4.59. The Bertz CT molecular complexity index is 517. The van der Waals surface area contributed by atoms with Crippen molar-refractivity contribution in [2.75, 3.05) is 0 Å². The smallest absolute Gasteiger partial charge is 0.136 e. The summed E-state index contributed by atoms with van der Waals surface area (Å²) < 4.78 is 5.41. The van der Waals surface area contributed by atoms with Crippen molar-refractivity contribution in [1.29, 1.82) is 0 Å². The van der Waals surface area contributed by atoms with Crippen LogP contribution in [0.25, 0.3) is 0 Å². The average Bonchev–Trinajstić information content (AvgIpc) is 2.93. The maximum absolute atomic E-state index is 11.0. The minimum atomic E-state index is -2.19. The molecule has 18 heavy (non-hydrogen) atoms. The molecule has 3 heteroatoms. The van der Waals surface area contributed by atoms with Crippen molar-refractivity contribution in [3.8, 4) is 0 Å². The Balaban J connectivity index is 2.54.